The van der Waals surface area contributed by atoms with Gasteiger partial charge < -0.3 is 11.5 Å². The van der Waals surface area contributed by atoms with Gasteiger partial charge in [-0.15, -0.1) is 12.4 Å². The van der Waals surface area contributed by atoms with Crippen LogP contribution in [0.15, 0.2) is 32.7 Å². The van der Waals surface area contributed by atoms with Crippen molar-refractivity contribution < 1.29 is 4.84 Å². The molecule has 0 spiro atoms. The molecule has 2 rings (SSSR count). The number of hydrogen-bond acceptors (Lipinski definition) is 6. The van der Waals surface area contributed by atoms with Crippen LogP contribution in [-0.2, 0) is 4.84 Å². The van der Waals surface area contributed by atoms with Gasteiger partial charge in [0.15, 0.2) is 5.66 Å². The zero-order chi connectivity index (χ0) is 17.2. The van der Waals surface area contributed by atoms with Gasteiger partial charge in [-0.05, 0) is 31.5 Å². The molecule has 1 aromatic carbocycles. The second-order valence-electron chi connectivity index (χ2n) is 5.21. The van der Waals surface area contributed by atoms with Gasteiger partial charge in [0, 0.05) is 4.47 Å². The zero-order valence-electron chi connectivity index (χ0n) is 13.0. The third-order valence-corrected chi connectivity index (χ3v) is 4.37. The van der Waals surface area contributed by atoms with E-state index in [2.05, 4.69) is 25.9 Å². The summed E-state index contributed by atoms with van der Waals surface area (Å²) < 4.78 is 0.833. The van der Waals surface area contributed by atoms with Gasteiger partial charge in [0.2, 0.25) is 11.9 Å². The van der Waals surface area contributed by atoms with E-state index in [-0.39, 0.29) is 30.9 Å². The highest BCUT2D eigenvalue weighted by Crippen LogP contribution is 2.30. The van der Waals surface area contributed by atoms with Gasteiger partial charge >= 0.3 is 0 Å². The normalized spacial score (nSPS) is 16.6. The van der Waals surface area contributed by atoms with Crippen LogP contribution in [-0.4, -0.2) is 29.3 Å². The first-order chi connectivity index (χ1) is 10.7. The Morgan fingerprint density at radius 3 is 2.54 bits per heavy atom. The molecule has 0 radical (unpaired) electrons. The molecular formula is C14H17BrCl3N5O. The zero-order valence-corrected chi connectivity index (χ0v) is 16.9. The number of hydroxylamine groups is 2. The van der Waals surface area contributed by atoms with Crippen molar-refractivity contribution in [2.75, 3.05) is 6.61 Å². The Morgan fingerprint density at radius 1 is 1.29 bits per heavy atom. The quantitative estimate of drug-likeness (QED) is 0.673. The van der Waals surface area contributed by atoms with Gasteiger partial charge in [-0.25, -0.2) is 4.99 Å². The molecule has 0 unspecified atom stereocenters. The number of halogens is 4. The van der Waals surface area contributed by atoms with Gasteiger partial charge in [-0.2, -0.15) is 10.1 Å². The predicted octanol–water partition coefficient (Wildman–Crippen LogP) is 3.80. The lowest BCUT2D eigenvalue weighted by Crippen LogP contribution is -2.53. The summed E-state index contributed by atoms with van der Waals surface area (Å²) in [6, 6.07) is 3.50. The van der Waals surface area contributed by atoms with Gasteiger partial charge in [0.05, 0.1) is 16.7 Å². The van der Waals surface area contributed by atoms with E-state index in [0.717, 1.165) is 10.0 Å². The number of guanidine groups is 2. The molecule has 10 heteroatoms. The molecule has 0 saturated heterocycles. The second kappa shape index (κ2) is 8.40. The fraction of sp³-hybridized carbons (Fsp3) is 0.286. The number of aliphatic imine (C=N–C) groups is 2. The van der Waals surface area contributed by atoms with Crippen LogP contribution in [0.2, 0.25) is 10.0 Å². The molecule has 0 atom stereocenters. The molecule has 0 aliphatic carbocycles. The Labute approximate surface area is 165 Å². The maximum absolute atomic E-state index is 6.01. The van der Waals surface area contributed by atoms with Crippen molar-refractivity contribution in [3.05, 3.63) is 38.3 Å². The highest BCUT2D eigenvalue weighted by Gasteiger charge is 2.32. The fourth-order valence-corrected chi connectivity index (χ4v) is 2.92. The second-order valence-corrected chi connectivity index (χ2v) is 6.88. The summed E-state index contributed by atoms with van der Waals surface area (Å²) in [5.41, 5.74) is 11.6. The minimum Gasteiger partial charge on any atom is -0.368 e. The van der Waals surface area contributed by atoms with E-state index in [4.69, 9.17) is 39.5 Å². The number of nitrogens with two attached hydrogens (primary N) is 2. The standard InChI is InChI=1S/C14H16BrCl2N5O.ClH/c1-14(2)21-12(18)20-13(19)22(14)23-5-3-4-8-6-10(16)11(17)7-9(8)15;/h3-4,6-7H,5H2,1-2H3,(H4,18,19,20,21);1H/b4-3+;. The summed E-state index contributed by atoms with van der Waals surface area (Å²) >= 11 is 15.4. The monoisotopic (exact) mass is 455 g/mol. The summed E-state index contributed by atoms with van der Waals surface area (Å²) in [4.78, 5) is 13.7. The Kier molecular flexibility index (Phi) is 7.37. The van der Waals surface area contributed by atoms with E-state index in [9.17, 15) is 0 Å². The van der Waals surface area contributed by atoms with Crippen molar-refractivity contribution in [1.82, 2.24) is 5.06 Å². The Bertz CT molecular complexity index is 706. The first-order valence-electron chi connectivity index (χ1n) is 6.64. The van der Waals surface area contributed by atoms with Gasteiger partial charge in [0.1, 0.15) is 0 Å². The average molecular weight is 458 g/mol. The van der Waals surface area contributed by atoms with E-state index < -0.39 is 5.66 Å². The average Bonchev–Trinajstić information content (AvgIpc) is 2.41. The number of rotatable bonds is 4. The summed E-state index contributed by atoms with van der Waals surface area (Å²) in [5, 5.41) is 2.38. The van der Waals surface area contributed by atoms with Crippen molar-refractivity contribution in [3.8, 4) is 0 Å². The molecule has 24 heavy (non-hydrogen) atoms. The molecule has 1 aliphatic rings. The van der Waals surface area contributed by atoms with Crippen molar-refractivity contribution in [2.24, 2.45) is 21.5 Å². The minimum absolute atomic E-state index is 0. The fourth-order valence-electron chi connectivity index (χ4n) is 1.98. The van der Waals surface area contributed by atoms with Crippen LogP contribution < -0.4 is 11.5 Å². The maximum Gasteiger partial charge on any atom is 0.226 e. The molecule has 1 aromatic rings. The molecule has 4 N–H and O–H groups in total. The van der Waals surface area contributed by atoms with Crippen molar-refractivity contribution in [3.63, 3.8) is 0 Å². The molecule has 132 valence electrons. The topological polar surface area (TPSA) is 89.2 Å². The lowest BCUT2D eigenvalue weighted by Gasteiger charge is -2.36. The van der Waals surface area contributed by atoms with Crippen LogP contribution in [0, 0.1) is 0 Å². The van der Waals surface area contributed by atoms with Crippen LogP contribution in [0.5, 0.6) is 0 Å². The summed E-state index contributed by atoms with van der Waals surface area (Å²) in [7, 11) is 0. The van der Waals surface area contributed by atoms with Crippen LogP contribution in [0.4, 0.5) is 0 Å². The number of benzene rings is 1. The van der Waals surface area contributed by atoms with E-state index in [1.807, 2.05) is 26.0 Å². The molecular weight excluding hydrogens is 440 g/mol. The third-order valence-electron chi connectivity index (χ3n) is 2.96. The molecule has 0 amide bonds. The van der Waals surface area contributed by atoms with Crippen LogP contribution in [0.3, 0.4) is 0 Å². The molecule has 6 nitrogen and oxygen atoms in total. The Morgan fingerprint density at radius 2 is 1.92 bits per heavy atom. The molecule has 1 aliphatic heterocycles. The molecule has 0 bridgehead atoms. The molecule has 0 saturated carbocycles. The summed E-state index contributed by atoms with van der Waals surface area (Å²) in [5.74, 6) is 0.286. The first kappa shape index (κ1) is 21.1. The third kappa shape index (κ3) is 5.00. The minimum atomic E-state index is -0.728. The van der Waals surface area contributed by atoms with Crippen molar-refractivity contribution in [2.45, 2.75) is 19.5 Å². The molecule has 0 aromatic heterocycles. The van der Waals surface area contributed by atoms with Gasteiger partial charge in [-0.3, -0.25) is 4.84 Å². The number of hydrogen-bond donors (Lipinski definition) is 2. The lowest BCUT2D eigenvalue weighted by molar-refractivity contribution is -0.146. The highest BCUT2D eigenvalue weighted by atomic mass is 79.9. The number of nitrogens with zero attached hydrogens (tertiary/aromatic N) is 3. The molecule has 1 heterocycles. The SMILES string of the molecule is CC1(C)N=C(N)N=C(N)N1OC/C=C/c1cc(Cl)c(Cl)cc1Br.Cl. The van der Waals surface area contributed by atoms with Crippen LogP contribution in [0.25, 0.3) is 6.08 Å². The smallest absolute Gasteiger partial charge is 0.226 e. The Balaban J connectivity index is 0.00000288. The highest BCUT2D eigenvalue weighted by molar-refractivity contribution is 9.10. The van der Waals surface area contributed by atoms with Gasteiger partial charge in [-0.1, -0.05) is 51.3 Å². The summed E-state index contributed by atoms with van der Waals surface area (Å²) in [6.07, 6.45) is 3.67. The van der Waals surface area contributed by atoms with Gasteiger partial charge in [0.25, 0.3) is 0 Å². The van der Waals surface area contributed by atoms with Crippen LogP contribution >= 0.6 is 51.5 Å². The first-order valence-corrected chi connectivity index (χ1v) is 8.19. The van der Waals surface area contributed by atoms with Crippen LogP contribution in [0.1, 0.15) is 19.4 Å². The van der Waals surface area contributed by atoms with Crippen molar-refractivity contribution in [1.29, 1.82) is 0 Å². The Hall–Kier alpha value is -0.990. The summed E-state index contributed by atoms with van der Waals surface area (Å²) in [6.45, 7) is 3.91. The predicted molar refractivity (Wildman–Crippen MR) is 106 cm³/mol. The van der Waals surface area contributed by atoms with E-state index in [1.54, 1.807) is 12.1 Å². The van der Waals surface area contributed by atoms with E-state index in [1.165, 1.54) is 5.06 Å². The van der Waals surface area contributed by atoms with Crippen molar-refractivity contribution >= 4 is 69.5 Å². The van der Waals surface area contributed by atoms with E-state index >= 15 is 0 Å². The van der Waals surface area contributed by atoms with E-state index in [0.29, 0.717) is 10.0 Å². The molecule has 0 fully saturated rings. The largest absolute Gasteiger partial charge is 0.368 e. The lowest BCUT2D eigenvalue weighted by atomic mass is 10.2. The maximum atomic E-state index is 6.01.